The fraction of sp³-hybridized carbons (Fsp3) is 0.160. The molecule has 3 aromatic rings. The number of anilines is 2. The molecule has 0 aliphatic carbocycles. The normalized spacial score (nSPS) is 11.4. The van der Waals surface area contributed by atoms with Crippen molar-refractivity contribution in [3.8, 4) is 0 Å². The first-order valence-corrected chi connectivity index (χ1v) is 11.2. The van der Waals surface area contributed by atoms with Crippen molar-refractivity contribution in [1.82, 2.24) is 0 Å². The molecule has 0 radical (unpaired) electrons. The number of carbonyl (C=O) groups is 3. The number of esters is 1. The highest BCUT2D eigenvalue weighted by Gasteiger charge is 2.16. The number of hydrogen-bond donors (Lipinski definition) is 2. The van der Waals surface area contributed by atoms with Gasteiger partial charge in [-0.05, 0) is 80.6 Å². The van der Waals surface area contributed by atoms with Gasteiger partial charge in [0, 0.05) is 21.8 Å². The minimum Gasteiger partial charge on any atom is -0.462 e. The van der Waals surface area contributed by atoms with Crippen molar-refractivity contribution in [2.45, 2.75) is 24.0 Å². The fourth-order valence-corrected chi connectivity index (χ4v) is 3.78. The Morgan fingerprint density at radius 3 is 2.24 bits per heavy atom. The van der Waals surface area contributed by atoms with Gasteiger partial charge in [0.15, 0.2) is 0 Å². The lowest BCUT2D eigenvalue weighted by Crippen LogP contribution is -2.22. The van der Waals surface area contributed by atoms with Crippen LogP contribution in [0.25, 0.3) is 0 Å². The molecule has 1 unspecified atom stereocenters. The second-order valence-electron chi connectivity index (χ2n) is 7.04. The van der Waals surface area contributed by atoms with Crippen LogP contribution in [0, 0.1) is 5.82 Å². The number of hydrogen-bond acceptors (Lipinski definition) is 5. The molecule has 3 aromatic carbocycles. The Labute approximate surface area is 195 Å². The Hall–Kier alpha value is -3.65. The minimum atomic E-state index is -0.419. The van der Waals surface area contributed by atoms with Crippen molar-refractivity contribution in [1.29, 1.82) is 0 Å². The predicted molar refractivity (Wildman–Crippen MR) is 127 cm³/mol. The number of benzene rings is 3. The van der Waals surface area contributed by atoms with Crippen LogP contribution in [0.4, 0.5) is 15.8 Å². The second-order valence-corrected chi connectivity index (χ2v) is 8.45. The average Bonchev–Trinajstić information content (AvgIpc) is 2.80. The summed E-state index contributed by atoms with van der Waals surface area (Å²) in [6.45, 7) is 3.81. The maximum atomic E-state index is 13.0. The molecule has 2 N–H and O–H groups in total. The van der Waals surface area contributed by atoms with Gasteiger partial charge in [-0.15, -0.1) is 11.8 Å². The summed E-state index contributed by atoms with van der Waals surface area (Å²) in [5, 5.41) is 5.17. The lowest BCUT2D eigenvalue weighted by Gasteiger charge is -2.13. The molecule has 170 valence electrons. The lowest BCUT2D eigenvalue weighted by atomic mass is 10.2. The maximum Gasteiger partial charge on any atom is 0.338 e. The first kappa shape index (κ1) is 24.0. The van der Waals surface area contributed by atoms with Crippen LogP contribution in [0.2, 0.25) is 0 Å². The van der Waals surface area contributed by atoms with Gasteiger partial charge >= 0.3 is 5.97 Å². The molecule has 0 aliphatic heterocycles. The predicted octanol–water partition coefficient (Wildman–Crippen LogP) is 5.37. The van der Waals surface area contributed by atoms with E-state index in [9.17, 15) is 18.8 Å². The van der Waals surface area contributed by atoms with E-state index in [-0.39, 0.29) is 11.8 Å². The van der Waals surface area contributed by atoms with E-state index in [1.54, 1.807) is 56.3 Å². The zero-order chi connectivity index (χ0) is 23.8. The van der Waals surface area contributed by atoms with E-state index in [2.05, 4.69) is 10.6 Å². The van der Waals surface area contributed by atoms with Crippen LogP contribution in [0.1, 0.15) is 34.6 Å². The molecule has 6 nitrogen and oxygen atoms in total. The maximum absolute atomic E-state index is 13.0. The molecule has 2 amide bonds. The molecule has 0 spiro atoms. The lowest BCUT2D eigenvalue weighted by molar-refractivity contribution is -0.115. The van der Waals surface area contributed by atoms with Gasteiger partial charge in [-0.3, -0.25) is 9.59 Å². The summed E-state index contributed by atoms with van der Waals surface area (Å²) in [7, 11) is 0. The Kier molecular flexibility index (Phi) is 8.21. The molecule has 0 saturated carbocycles. The Morgan fingerprint density at radius 2 is 1.58 bits per heavy atom. The third-order valence-corrected chi connectivity index (χ3v) is 5.64. The van der Waals surface area contributed by atoms with Gasteiger partial charge < -0.3 is 15.4 Å². The molecular formula is C25H23FN2O4S. The topological polar surface area (TPSA) is 84.5 Å². The van der Waals surface area contributed by atoms with E-state index in [0.717, 1.165) is 4.90 Å². The zero-order valence-corrected chi connectivity index (χ0v) is 18.9. The number of carbonyl (C=O) groups excluding carboxylic acids is 3. The molecule has 0 bridgehead atoms. The highest BCUT2D eigenvalue weighted by atomic mass is 32.2. The van der Waals surface area contributed by atoms with Gasteiger partial charge in [-0.1, -0.05) is 6.07 Å². The fourth-order valence-electron chi connectivity index (χ4n) is 2.86. The van der Waals surface area contributed by atoms with Gasteiger partial charge in [0.1, 0.15) is 5.82 Å². The summed E-state index contributed by atoms with van der Waals surface area (Å²) in [5.74, 6) is -1.38. The molecule has 0 heterocycles. The van der Waals surface area contributed by atoms with E-state index >= 15 is 0 Å². The van der Waals surface area contributed by atoms with Gasteiger partial charge in [-0.2, -0.15) is 0 Å². The number of halogens is 1. The van der Waals surface area contributed by atoms with Crippen LogP contribution >= 0.6 is 11.8 Å². The molecule has 0 aliphatic rings. The number of ether oxygens (including phenoxy) is 1. The van der Waals surface area contributed by atoms with Crippen molar-refractivity contribution in [3.63, 3.8) is 0 Å². The van der Waals surface area contributed by atoms with Crippen LogP contribution in [0.15, 0.2) is 77.7 Å². The standard InChI is InChI=1S/C25H23FN2O4S/c1-3-32-25(31)18-9-13-20(14-10-18)27-23(29)16(2)33-22-6-4-5-21(15-22)28-24(30)17-7-11-19(26)12-8-17/h4-16H,3H2,1-2H3,(H,27,29)(H,28,30). The largest absolute Gasteiger partial charge is 0.462 e. The van der Waals surface area contributed by atoms with Crippen molar-refractivity contribution in [2.75, 3.05) is 17.2 Å². The number of nitrogens with one attached hydrogen (secondary N) is 2. The molecule has 33 heavy (non-hydrogen) atoms. The van der Waals surface area contributed by atoms with Gasteiger partial charge in [-0.25, -0.2) is 9.18 Å². The molecule has 1 atom stereocenters. The van der Waals surface area contributed by atoms with E-state index in [1.165, 1.54) is 36.0 Å². The number of rotatable bonds is 8. The van der Waals surface area contributed by atoms with Gasteiger partial charge in [0.2, 0.25) is 5.91 Å². The SMILES string of the molecule is CCOC(=O)c1ccc(NC(=O)C(C)Sc2cccc(NC(=O)c3ccc(F)cc3)c2)cc1. The van der Waals surface area contributed by atoms with E-state index in [1.807, 2.05) is 6.07 Å². The third-order valence-electron chi connectivity index (χ3n) is 4.54. The van der Waals surface area contributed by atoms with Crippen LogP contribution in [-0.4, -0.2) is 29.6 Å². The van der Waals surface area contributed by atoms with Gasteiger partial charge in [0.25, 0.3) is 5.91 Å². The van der Waals surface area contributed by atoms with Crippen LogP contribution in [-0.2, 0) is 9.53 Å². The highest BCUT2D eigenvalue weighted by molar-refractivity contribution is 8.00. The first-order valence-electron chi connectivity index (χ1n) is 10.3. The van der Waals surface area contributed by atoms with E-state index in [4.69, 9.17) is 4.74 Å². The summed E-state index contributed by atoms with van der Waals surface area (Å²) in [5.41, 5.74) is 1.89. The third kappa shape index (κ3) is 6.92. The number of amides is 2. The van der Waals surface area contributed by atoms with Gasteiger partial charge in [0.05, 0.1) is 17.4 Å². The molecule has 0 fully saturated rings. The molecular weight excluding hydrogens is 443 g/mol. The monoisotopic (exact) mass is 466 g/mol. The highest BCUT2D eigenvalue weighted by Crippen LogP contribution is 2.27. The average molecular weight is 467 g/mol. The molecule has 0 saturated heterocycles. The van der Waals surface area contributed by atoms with Crippen molar-refractivity contribution < 1.29 is 23.5 Å². The van der Waals surface area contributed by atoms with Crippen LogP contribution < -0.4 is 10.6 Å². The van der Waals surface area contributed by atoms with Crippen LogP contribution in [0.3, 0.4) is 0 Å². The summed E-state index contributed by atoms with van der Waals surface area (Å²) in [6.07, 6.45) is 0. The van der Waals surface area contributed by atoms with Crippen molar-refractivity contribution in [2.24, 2.45) is 0 Å². The summed E-state index contributed by atoms with van der Waals surface area (Å²) in [6, 6.07) is 18.9. The molecule has 0 aromatic heterocycles. The minimum absolute atomic E-state index is 0.204. The first-order chi connectivity index (χ1) is 15.9. The zero-order valence-electron chi connectivity index (χ0n) is 18.1. The van der Waals surface area contributed by atoms with Crippen molar-refractivity contribution >= 4 is 40.9 Å². The van der Waals surface area contributed by atoms with E-state index < -0.39 is 17.0 Å². The van der Waals surface area contributed by atoms with Crippen molar-refractivity contribution in [3.05, 3.63) is 89.7 Å². The smallest absolute Gasteiger partial charge is 0.338 e. The summed E-state index contributed by atoms with van der Waals surface area (Å²) >= 11 is 1.34. The second kappa shape index (κ2) is 11.3. The quantitative estimate of drug-likeness (QED) is 0.344. The number of thioether (sulfide) groups is 1. The summed E-state index contributed by atoms with van der Waals surface area (Å²) in [4.78, 5) is 37.5. The van der Waals surface area contributed by atoms with Crippen LogP contribution in [0.5, 0.6) is 0 Å². The Morgan fingerprint density at radius 1 is 0.909 bits per heavy atom. The van der Waals surface area contributed by atoms with E-state index in [0.29, 0.717) is 29.1 Å². The Bertz CT molecular complexity index is 1130. The molecule has 8 heteroatoms. The Balaban J connectivity index is 1.57. The molecule has 3 rings (SSSR count). The summed E-state index contributed by atoms with van der Waals surface area (Å²) < 4.78 is 18.0.